The highest BCUT2D eigenvalue weighted by Gasteiger charge is 2.29. The van der Waals surface area contributed by atoms with E-state index in [1.54, 1.807) is 0 Å². The fraction of sp³-hybridized carbons (Fsp3) is 0.667. The maximum absolute atomic E-state index is 2.59. The van der Waals surface area contributed by atoms with Gasteiger partial charge in [-0.25, -0.2) is 0 Å². The first kappa shape index (κ1) is 16.1. The Morgan fingerprint density at radius 1 is 0.947 bits per heavy atom. The number of hydrogen-bond acceptors (Lipinski definition) is 1. The van der Waals surface area contributed by atoms with Gasteiger partial charge in [-0.3, -0.25) is 0 Å². The van der Waals surface area contributed by atoms with Crippen molar-refractivity contribution in [2.75, 3.05) is 11.4 Å². The summed E-state index contributed by atoms with van der Waals surface area (Å²) in [5.74, 6) is 0. The van der Waals surface area contributed by atoms with E-state index in [0.717, 1.165) is 6.54 Å². The van der Waals surface area contributed by atoms with Crippen LogP contribution in [0.5, 0.6) is 0 Å². The summed E-state index contributed by atoms with van der Waals surface area (Å²) in [4.78, 5) is 2.59. The zero-order valence-corrected chi connectivity index (χ0v) is 13.7. The maximum Gasteiger partial charge on any atom is 0.0370 e. The molecule has 1 aromatic rings. The molecule has 0 radical (unpaired) electrons. The average molecular weight is 261 g/mol. The number of anilines is 1. The van der Waals surface area contributed by atoms with E-state index in [1.165, 1.54) is 24.9 Å². The Morgan fingerprint density at radius 3 is 2.00 bits per heavy atom. The molecule has 1 nitrogen and oxygen atoms in total. The molecule has 0 saturated heterocycles. The molecular formula is C18H31N. The lowest BCUT2D eigenvalue weighted by molar-refractivity contribution is 0.334. The predicted octanol–water partition coefficient (Wildman–Crippen LogP) is 5.51. The van der Waals surface area contributed by atoms with E-state index >= 15 is 0 Å². The van der Waals surface area contributed by atoms with E-state index in [2.05, 4.69) is 76.8 Å². The van der Waals surface area contributed by atoms with Crippen molar-refractivity contribution in [3.8, 4) is 0 Å². The second-order valence-electron chi connectivity index (χ2n) is 7.40. The number of para-hydroxylation sites is 1. The van der Waals surface area contributed by atoms with Gasteiger partial charge in [-0.15, -0.1) is 0 Å². The molecule has 1 heteroatoms. The Hall–Kier alpha value is -0.980. The van der Waals surface area contributed by atoms with Gasteiger partial charge in [0.1, 0.15) is 0 Å². The lowest BCUT2D eigenvalue weighted by Gasteiger charge is -2.44. The van der Waals surface area contributed by atoms with Crippen LogP contribution >= 0.6 is 0 Å². The molecule has 108 valence electrons. The zero-order chi connectivity index (χ0) is 14.5. The summed E-state index contributed by atoms with van der Waals surface area (Å²) in [6, 6.07) is 10.8. The molecule has 0 amide bonds. The van der Waals surface area contributed by atoms with Crippen molar-refractivity contribution in [3.05, 3.63) is 30.3 Å². The smallest absolute Gasteiger partial charge is 0.0370 e. The molecule has 0 aromatic heterocycles. The van der Waals surface area contributed by atoms with Crippen LogP contribution in [0, 0.1) is 5.41 Å². The largest absolute Gasteiger partial charge is 0.366 e. The van der Waals surface area contributed by atoms with Crippen LogP contribution in [0.15, 0.2) is 30.3 Å². The molecule has 0 saturated carbocycles. The molecule has 1 rings (SSSR count). The van der Waals surface area contributed by atoms with Crippen LogP contribution in [0.4, 0.5) is 5.69 Å². The van der Waals surface area contributed by atoms with Crippen LogP contribution in [-0.4, -0.2) is 12.1 Å². The third-order valence-corrected chi connectivity index (χ3v) is 3.57. The van der Waals surface area contributed by atoms with Crippen molar-refractivity contribution in [2.45, 2.75) is 66.3 Å². The number of rotatable bonds is 6. The number of hydrogen-bond donors (Lipinski definition) is 0. The van der Waals surface area contributed by atoms with Gasteiger partial charge in [-0.1, -0.05) is 58.7 Å². The fourth-order valence-electron chi connectivity index (χ4n) is 2.48. The molecule has 0 N–H and O–H groups in total. The van der Waals surface area contributed by atoms with Crippen molar-refractivity contribution in [2.24, 2.45) is 5.41 Å². The molecule has 0 aliphatic carbocycles. The molecule has 0 aliphatic heterocycles. The van der Waals surface area contributed by atoms with E-state index in [4.69, 9.17) is 0 Å². The van der Waals surface area contributed by atoms with Crippen molar-refractivity contribution in [3.63, 3.8) is 0 Å². The maximum atomic E-state index is 2.59. The molecule has 0 bridgehead atoms. The van der Waals surface area contributed by atoms with Gasteiger partial charge in [0.2, 0.25) is 0 Å². The molecule has 19 heavy (non-hydrogen) atoms. The second-order valence-corrected chi connectivity index (χ2v) is 7.40. The SMILES string of the molecule is CCCCC(C)(C)N(CC(C)(C)C)c1ccccc1. The molecule has 0 heterocycles. The minimum atomic E-state index is 0.213. The first-order valence-corrected chi connectivity index (χ1v) is 7.59. The van der Waals surface area contributed by atoms with E-state index in [9.17, 15) is 0 Å². The lowest BCUT2D eigenvalue weighted by Crippen LogP contribution is -2.48. The second kappa shape index (κ2) is 6.45. The summed E-state index contributed by atoms with van der Waals surface area (Å²) in [6.07, 6.45) is 3.80. The highest BCUT2D eigenvalue weighted by Crippen LogP contribution is 2.31. The van der Waals surface area contributed by atoms with E-state index in [1.807, 2.05) is 0 Å². The monoisotopic (exact) mass is 261 g/mol. The molecule has 0 fully saturated rings. The Morgan fingerprint density at radius 2 is 1.53 bits per heavy atom. The number of nitrogens with zero attached hydrogens (tertiary/aromatic N) is 1. The van der Waals surface area contributed by atoms with Gasteiger partial charge in [-0.05, 0) is 37.8 Å². The summed E-state index contributed by atoms with van der Waals surface area (Å²) in [5, 5.41) is 0. The van der Waals surface area contributed by atoms with Crippen LogP contribution < -0.4 is 4.90 Å². The number of unbranched alkanes of at least 4 members (excludes halogenated alkanes) is 1. The van der Waals surface area contributed by atoms with Crippen LogP contribution in [-0.2, 0) is 0 Å². The summed E-state index contributed by atoms with van der Waals surface area (Å²) < 4.78 is 0. The van der Waals surface area contributed by atoms with Crippen molar-refractivity contribution >= 4 is 5.69 Å². The summed E-state index contributed by atoms with van der Waals surface area (Å²) in [5.41, 5.74) is 1.86. The molecule has 0 atom stereocenters. The Balaban J connectivity index is 2.99. The quantitative estimate of drug-likeness (QED) is 0.653. The van der Waals surface area contributed by atoms with Crippen molar-refractivity contribution in [1.29, 1.82) is 0 Å². The minimum Gasteiger partial charge on any atom is -0.366 e. The van der Waals surface area contributed by atoms with Gasteiger partial charge in [0.05, 0.1) is 0 Å². The third kappa shape index (κ3) is 5.26. The van der Waals surface area contributed by atoms with Gasteiger partial charge >= 0.3 is 0 Å². The molecule has 1 aromatic carbocycles. The van der Waals surface area contributed by atoms with Gasteiger partial charge < -0.3 is 4.90 Å². The summed E-state index contributed by atoms with van der Waals surface area (Å²) >= 11 is 0. The first-order valence-electron chi connectivity index (χ1n) is 7.59. The normalized spacial score (nSPS) is 12.5. The molecule has 0 spiro atoms. The molecule has 0 unspecified atom stereocenters. The lowest BCUT2D eigenvalue weighted by atomic mass is 9.89. The Kier molecular flexibility index (Phi) is 5.46. The first-order chi connectivity index (χ1) is 8.76. The van der Waals surface area contributed by atoms with Crippen LogP contribution in [0.1, 0.15) is 60.8 Å². The van der Waals surface area contributed by atoms with E-state index in [-0.39, 0.29) is 5.54 Å². The van der Waals surface area contributed by atoms with Gasteiger partial charge in [0.25, 0.3) is 0 Å². The summed E-state index contributed by atoms with van der Waals surface area (Å²) in [7, 11) is 0. The predicted molar refractivity (Wildman–Crippen MR) is 86.8 cm³/mol. The third-order valence-electron chi connectivity index (χ3n) is 3.57. The standard InChI is InChI=1S/C18H31N/c1-7-8-14-18(5,6)19(15-17(2,3)4)16-12-10-9-11-13-16/h9-13H,7-8,14-15H2,1-6H3. The van der Waals surface area contributed by atoms with Crippen molar-refractivity contribution < 1.29 is 0 Å². The van der Waals surface area contributed by atoms with Crippen LogP contribution in [0.25, 0.3) is 0 Å². The molecular weight excluding hydrogens is 230 g/mol. The average Bonchev–Trinajstić information content (AvgIpc) is 2.33. The minimum absolute atomic E-state index is 0.213. The van der Waals surface area contributed by atoms with Gasteiger partial charge in [-0.2, -0.15) is 0 Å². The Bertz CT molecular complexity index is 359. The number of benzene rings is 1. The van der Waals surface area contributed by atoms with Gasteiger partial charge in [0, 0.05) is 17.8 Å². The zero-order valence-electron chi connectivity index (χ0n) is 13.7. The van der Waals surface area contributed by atoms with Crippen LogP contribution in [0.3, 0.4) is 0 Å². The molecule has 0 aliphatic rings. The summed E-state index contributed by atoms with van der Waals surface area (Å²) in [6.45, 7) is 15.1. The fourth-order valence-corrected chi connectivity index (χ4v) is 2.48. The Labute approximate surface area is 120 Å². The van der Waals surface area contributed by atoms with Gasteiger partial charge in [0.15, 0.2) is 0 Å². The highest BCUT2D eigenvalue weighted by molar-refractivity contribution is 5.48. The topological polar surface area (TPSA) is 3.24 Å². The van der Waals surface area contributed by atoms with Crippen molar-refractivity contribution in [1.82, 2.24) is 0 Å². The van der Waals surface area contributed by atoms with Crippen LogP contribution in [0.2, 0.25) is 0 Å². The van der Waals surface area contributed by atoms with E-state index in [0.29, 0.717) is 5.41 Å². The van der Waals surface area contributed by atoms with E-state index < -0.39 is 0 Å². The highest BCUT2D eigenvalue weighted by atomic mass is 15.2.